The number of hydrogen-bond donors (Lipinski definition) is 0. The van der Waals surface area contributed by atoms with Gasteiger partial charge in [0, 0.05) is 12.4 Å². The zero-order chi connectivity index (χ0) is 31.2. The molecule has 0 bridgehead atoms. The summed E-state index contributed by atoms with van der Waals surface area (Å²) in [5.74, 6) is 0. The topological polar surface area (TPSA) is 24.7 Å². The van der Waals surface area contributed by atoms with Gasteiger partial charge in [0.15, 0.2) is 0 Å². The van der Waals surface area contributed by atoms with Gasteiger partial charge in [0.25, 0.3) is 0 Å². The standard InChI is InChI=1S/C44H40N2/c1(5-11-35-21-29-43(30-22-35)45-33-37-17-25-41(26-18-37)39-13-7-3-8-14-39)2-6-12-36-23-31-44(32-24-36)46-34-38-19-27-42(28-20-38)40-15-9-4-10-16-40/h3-4,7-10,13-34H,1-2,5-6,11-12H2. The summed E-state index contributed by atoms with van der Waals surface area (Å²) in [6, 6.07) is 55.4. The van der Waals surface area contributed by atoms with Crippen LogP contribution in [-0.4, -0.2) is 12.4 Å². The lowest BCUT2D eigenvalue weighted by atomic mass is 10.0. The minimum absolute atomic E-state index is 0.991. The van der Waals surface area contributed by atoms with Crippen molar-refractivity contribution in [1.82, 2.24) is 0 Å². The summed E-state index contributed by atoms with van der Waals surface area (Å²) in [6.07, 6.45) is 11.1. The fourth-order valence-electron chi connectivity index (χ4n) is 5.59. The van der Waals surface area contributed by atoms with Gasteiger partial charge in [0.05, 0.1) is 11.4 Å². The van der Waals surface area contributed by atoms with Crippen LogP contribution >= 0.6 is 0 Å². The van der Waals surface area contributed by atoms with Gasteiger partial charge in [-0.2, -0.15) is 0 Å². The Labute approximate surface area is 273 Å². The van der Waals surface area contributed by atoms with E-state index in [0.29, 0.717) is 0 Å². The second-order valence-corrected chi connectivity index (χ2v) is 11.7. The van der Waals surface area contributed by atoms with Crippen molar-refractivity contribution < 1.29 is 0 Å². The van der Waals surface area contributed by atoms with Crippen molar-refractivity contribution in [1.29, 1.82) is 0 Å². The monoisotopic (exact) mass is 596 g/mol. The molecule has 46 heavy (non-hydrogen) atoms. The lowest BCUT2D eigenvalue weighted by Gasteiger charge is -2.04. The van der Waals surface area contributed by atoms with Crippen LogP contribution < -0.4 is 0 Å². The van der Waals surface area contributed by atoms with E-state index in [1.807, 2.05) is 24.6 Å². The Morgan fingerprint density at radius 2 is 0.674 bits per heavy atom. The smallest absolute Gasteiger partial charge is 0.0630 e. The van der Waals surface area contributed by atoms with Gasteiger partial charge < -0.3 is 0 Å². The van der Waals surface area contributed by atoms with E-state index in [2.05, 4.69) is 156 Å². The number of hydrogen-bond acceptors (Lipinski definition) is 2. The van der Waals surface area contributed by atoms with Crippen molar-refractivity contribution in [2.45, 2.75) is 38.5 Å². The summed E-state index contributed by atoms with van der Waals surface area (Å²) in [5.41, 5.74) is 11.9. The van der Waals surface area contributed by atoms with E-state index < -0.39 is 0 Å². The molecule has 0 saturated heterocycles. The summed E-state index contributed by atoms with van der Waals surface area (Å²) < 4.78 is 0. The normalized spacial score (nSPS) is 11.4. The van der Waals surface area contributed by atoms with Crippen LogP contribution in [-0.2, 0) is 12.8 Å². The SMILES string of the molecule is C(=Nc1ccc(CCCCCCc2ccc(N=Cc3ccc(-c4ccccc4)cc3)cc2)cc1)c1ccc(-c2ccccc2)cc1. The number of benzene rings is 6. The molecule has 0 aromatic heterocycles. The highest BCUT2D eigenvalue weighted by Gasteiger charge is 2.00. The van der Waals surface area contributed by atoms with E-state index in [-0.39, 0.29) is 0 Å². The molecule has 6 rings (SSSR count). The fraction of sp³-hybridized carbons (Fsp3) is 0.136. The van der Waals surface area contributed by atoms with Gasteiger partial charge >= 0.3 is 0 Å². The average Bonchev–Trinajstić information content (AvgIpc) is 3.13. The van der Waals surface area contributed by atoms with Gasteiger partial charge in [-0.3, -0.25) is 9.98 Å². The van der Waals surface area contributed by atoms with Crippen LogP contribution in [0.4, 0.5) is 11.4 Å². The Morgan fingerprint density at radius 1 is 0.326 bits per heavy atom. The summed E-state index contributed by atoms with van der Waals surface area (Å²) >= 11 is 0. The highest BCUT2D eigenvalue weighted by molar-refractivity contribution is 5.84. The molecule has 0 aliphatic heterocycles. The number of aryl methyl sites for hydroxylation is 2. The molecular formula is C44H40N2. The number of nitrogens with zero attached hydrogens (tertiary/aromatic N) is 2. The Hall–Kier alpha value is -5.34. The summed E-state index contributed by atoms with van der Waals surface area (Å²) in [6.45, 7) is 0. The Morgan fingerprint density at radius 3 is 1.04 bits per heavy atom. The highest BCUT2D eigenvalue weighted by Crippen LogP contribution is 2.22. The quantitative estimate of drug-likeness (QED) is 0.0936. The molecule has 6 aromatic rings. The van der Waals surface area contributed by atoms with Crippen LogP contribution in [0, 0.1) is 0 Å². The molecule has 2 heteroatoms. The lowest BCUT2D eigenvalue weighted by Crippen LogP contribution is -1.88. The maximum Gasteiger partial charge on any atom is 0.0630 e. The van der Waals surface area contributed by atoms with Gasteiger partial charge in [0.1, 0.15) is 0 Å². The maximum atomic E-state index is 4.68. The number of aliphatic imine (C=N–C) groups is 2. The van der Waals surface area contributed by atoms with E-state index in [4.69, 9.17) is 0 Å². The van der Waals surface area contributed by atoms with Crippen molar-refractivity contribution in [3.05, 3.63) is 180 Å². The summed E-state index contributed by atoms with van der Waals surface area (Å²) in [4.78, 5) is 9.36. The molecule has 0 unspecified atom stereocenters. The van der Waals surface area contributed by atoms with Crippen LogP contribution in [0.2, 0.25) is 0 Å². The van der Waals surface area contributed by atoms with Crippen molar-refractivity contribution in [3.8, 4) is 22.3 Å². The lowest BCUT2D eigenvalue weighted by molar-refractivity contribution is 0.640. The van der Waals surface area contributed by atoms with Gasteiger partial charge in [-0.25, -0.2) is 0 Å². The van der Waals surface area contributed by atoms with E-state index in [1.165, 1.54) is 59.1 Å². The van der Waals surface area contributed by atoms with Crippen LogP contribution in [0.15, 0.2) is 168 Å². The third-order valence-corrected chi connectivity index (χ3v) is 8.31. The highest BCUT2D eigenvalue weighted by atomic mass is 14.7. The van der Waals surface area contributed by atoms with Crippen molar-refractivity contribution in [3.63, 3.8) is 0 Å². The molecule has 6 aromatic carbocycles. The first-order valence-electron chi connectivity index (χ1n) is 16.4. The Bertz CT molecular complexity index is 1680. The molecule has 0 spiro atoms. The third-order valence-electron chi connectivity index (χ3n) is 8.31. The largest absolute Gasteiger partial charge is 0.256 e. The van der Waals surface area contributed by atoms with E-state index in [1.54, 1.807) is 0 Å². The minimum atomic E-state index is 0.991. The maximum absolute atomic E-state index is 4.68. The van der Waals surface area contributed by atoms with Crippen molar-refractivity contribution in [2.24, 2.45) is 9.98 Å². The fourth-order valence-corrected chi connectivity index (χ4v) is 5.59. The molecule has 0 radical (unpaired) electrons. The predicted octanol–water partition coefficient (Wildman–Crippen LogP) is 11.9. The first kappa shape index (κ1) is 30.7. The van der Waals surface area contributed by atoms with Crippen LogP contribution in [0.3, 0.4) is 0 Å². The average molecular weight is 597 g/mol. The predicted molar refractivity (Wildman–Crippen MR) is 197 cm³/mol. The van der Waals surface area contributed by atoms with Gasteiger partial charge in [-0.15, -0.1) is 0 Å². The zero-order valence-electron chi connectivity index (χ0n) is 26.3. The van der Waals surface area contributed by atoms with Gasteiger partial charge in [-0.1, -0.05) is 146 Å². The van der Waals surface area contributed by atoms with Crippen molar-refractivity contribution in [2.75, 3.05) is 0 Å². The molecule has 0 amide bonds. The molecule has 226 valence electrons. The second kappa shape index (κ2) is 16.1. The van der Waals surface area contributed by atoms with E-state index in [9.17, 15) is 0 Å². The third kappa shape index (κ3) is 9.09. The molecular weight excluding hydrogens is 556 g/mol. The second-order valence-electron chi connectivity index (χ2n) is 11.7. The Kier molecular flexibility index (Phi) is 10.7. The molecule has 0 aliphatic rings. The van der Waals surface area contributed by atoms with Crippen LogP contribution in [0.1, 0.15) is 47.9 Å². The molecule has 0 saturated carbocycles. The first-order valence-corrected chi connectivity index (χ1v) is 16.4. The van der Waals surface area contributed by atoms with Gasteiger partial charge in [0.2, 0.25) is 0 Å². The summed E-state index contributed by atoms with van der Waals surface area (Å²) in [5, 5.41) is 0. The Balaban J connectivity index is 0.873. The van der Waals surface area contributed by atoms with E-state index >= 15 is 0 Å². The van der Waals surface area contributed by atoms with Gasteiger partial charge in [-0.05, 0) is 94.5 Å². The van der Waals surface area contributed by atoms with Crippen LogP contribution in [0.5, 0.6) is 0 Å². The molecule has 2 nitrogen and oxygen atoms in total. The minimum Gasteiger partial charge on any atom is -0.256 e. The molecule has 0 atom stereocenters. The molecule has 0 aliphatic carbocycles. The molecule has 0 fully saturated rings. The molecule has 0 N–H and O–H groups in total. The zero-order valence-corrected chi connectivity index (χ0v) is 26.3. The van der Waals surface area contributed by atoms with Crippen molar-refractivity contribution >= 4 is 23.8 Å². The first-order chi connectivity index (χ1) is 22.8. The number of rotatable bonds is 13. The van der Waals surface area contributed by atoms with E-state index in [0.717, 1.165) is 35.3 Å². The number of unbranched alkanes of at least 4 members (excludes halogenated alkanes) is 3. The summed E-state index contributed by atoms with van der Waals surface area (Å²) in [7, 11) is 0. The van der Waals surface area contributed by atoms with Crippen LogP contribution in [0.25, 0.3) is 22.3 Å². The molecule has 0 heterocycles.